The molecule has 19 heavy (non-hydrogen) atoms. The van der Waals surface area contributed by atoms with E-state index in [-0.39, 0.29) is 31.7 Å². The molecule has 2 rings (SSSR count). The van der Waals surface area contributed by atoms with Crippen molar-refractivity contribution < 1.29 is 17.9 Å². The molecule has 104 valence electrons. The SMILES string of the molecule is COc1ccc(NS(=O)(=O)N2CCC(=O)CC2)cc1. The molecule has 6 nitrogen and oxygen atoms in total. The first-order valence-electron chi connectivity index (χ1n) is 5.95. The van der Waals surface area contributed by atoms with Gasteiger partial charge < -0.3 is 4.74 Å². The zero-order chi connectivity index (χ0) is 13.9. The van der Waals surface area contributed by atoms with Gasteiger partial charge in [-0.25, -0.2) is 0 Å². The maximum atomic E-state index is 12.1. The molecule has 0 spiro atoms. The zero-order valence-corrected chi connectivity index (χ0v) is 11.4. The summed E-state index contributed by atoms with van der Waals surface area (Å²) in [6.07, 6.45) is 0.563. The fourth-order valence-electron chi connectivity index (χ4n) is 1.85. The normalized spacial score (nSPS) is 17.2. The molecule has 0 radical (unpaired) electrons. The van der Waals surface area contributed by atoms with Gasteiger partial charge in [0.05, 0.1) is 12.8 Å². The minimum atomic E-state index is -3.59. The Morgan fingerprint density at radius 2 is 1.74 bits per heavy atom. The van der Waals surface area contributed by atoms with Crippen LogP contribution >= 0.6 is 0 Å². The van der Waals surface area contributed by atoms with Crippen LogP contribution in [0.25, 0.3) is 0 Å². The third-order valence-corrected chi connectivity index (χ3v) is 4.50. The first-order valence-corrected chi connectivity index (χ1v) is 7.39. The summed E-state index contributed by atoms with van der Waals surface area (Å²) in [7, 11) is -2.04. The van der Waals surface area contributed by atoms with Crippen molar-refractivity contribution in [3.63, 3.8) is 0 Å². The van der Waals surface area contributed by atoms with E-state index in [1.807, 2.05) is 0 Å². The highest BCUT2D eigenvalue weighted by atomic mass is 32.2. The maximum absolute atomic E-state index is 12.1. The van der Waals surface area contributed by atoms with Crippen molar-refractivity contribution >= 4 is 21.7 Å². The molecule has 1 heterocycles. The van der Waals surface area contributed by atoms with Crippen LogP contribution in [0.15, 0.2) is 24.3 Å². The van der Waals surface area contributed by atoms with Gasteiger partial charge in [-0.1, -0.05) is 0 Å². The second kappa shape index (κ2) is 5.58. The summed E-state index contributed by atoms with van der Waals surface area (Å²) in [4.78, 5) is 11.1. The number of ketones is 1. The molecule has 7 heteroatoms. The van der Waals surface area contributed by atoms with Gasteiger partial charge in [-0.2, -0.15) is 12.7 Å². The van der Waals surface area contributed by atoms with Gasteiger partial charge in [-0.05, 0) is 24.3 Å². The Bertz CT molecular complexity index is 544. The Morgan fingerprint density at radius 1 is 1.16 bits per heavy atom. The molecule has 1 aliphatic heterocycles. The maximum Gasteiger partial charge on any atom is 0.301 e. The number of hydrogen-bond acceptors (Lipinski definition) is 4. The smallest absolute Gasteiger partial charge is 0.301 e. The monoisotopic (exact) mass is 284 g/mol. The molecule has 1 aromatic rings. The fraction of sp³-hybridized carbons (Fsp3) is 0.417. The number of rotatable bonds is 4. The zero-order valence-electron chi connectivity index (χ0n) is 10.6. The summed E-state index contributed by atoms with van der Waals surface area (Å²) in [6, 6.07) is 6.62. The molecule has 1 aliphatic rings. The van der Waals surface area contributed by atoms with E-state index in [1.54, 1.807) is 31.4 Å². The van der Waals surface area contributed by atoms with E-state index in [1.165, 1.54) is 4.31 Å². The van der Waals surface area contributed by atoms with E-state index in [9.17, 15) is 13.2 Å². The van der Waals surface area contributed by atoms with Gasteiger partial charge in [0.25, 0.3) is 0 Å². The van der Waals surface area contributed by atoms with Crippen LogP contribution in [0.5, 0.6) is 5.75 Å². The molecule has 1 aromatic carbocycles. The number of methoxy groups -OCH3 is 1. The largest absolute Gasteiger partial charge is 0.497 e. The Kier molecular flexibility index (Phi) is 4.06. The van der Waals surface area contributed by atoms with Crippen molar-refractivity contribution in [2.45, 2.75) is 12.8 Å². The average molecular weight is 284 g/mol. The Balaban J connectivity index is 2.05. The molecular weight excluding hydrogens is 268 g/mol. The van der Waals surface area contributed by atoms with Crippen molar-refractivity contribution in [3.05, 3.63) is 24.3 Å². The minimum absolute atomic E-state index is 0.107. The highest BCUT2D eigenvalue weighted by Crippen LogP contribution is 2.18. The van der Waals surface area contributed by atoms with Crippen LogP contribution in [0, 0.1) is 0 Å². The van der Waals surface area contributed by atoms with Crippen LogP contribution in [0.1, 0.15) is 12.8 Å². The summed E-state index contributed by atoms with van der Waals surface area (Å²) >= 11 is 0. The van der Waals surface area contributed by atoms with Crippen LogP contribution in [0.2, 0.25) is 0 Å². The lowest BCUT2D eigenvalue weighted by Crippen LogP contribution is -2.41. The molecule has 0 aromatic heterocycles. The van der Waals surface area contributed by atoms with Crippen LogP contribution in [0.4, 0.5) is 5.69 Å². The van der Waals surface area contributed by atoms with Crippen LogP contribution in [0.3, 0.4) is 0 Å². The lowest BCUT2D eigenvalue weighted by molar-refractivity contribution is -0.120. The molecule has 1 N–H and O–H groups in total. The average Bonchev–Trinajstić information content (AvgIpc) is 2.40. The van der Waals surface area contributed by atoms with Crippen molar-refractivity contribution in [1.29, 1.82) is 0 Å². The van der Waals surface area contributed by atoms with Gasteiger partial charge in [0.2, 0.25) is 0 Å². The van der Waals surface area contributed by atoms with Gasteiger partial charge >= 0.3 is 10.2 Å². The predicted molar refractivity (Wildman–Crippen MR) is 71.4 cm³/mol. The second-order valence-corrected chi connectivity index (χ2v) is 5.94. The topological polar surface area (TPSA) is 75.7 Å². The quantitative estimate of drug-likeness (QED) is 0.895. The van der Waals surface area contributed by atoms with Gasteiger partial charge in [0, 0.05) is 25.9 Å². The van der Waals surface area contributed by atoms with Gasteiger partial charge in [-0.15, -0.1) is 0 Å². The lowest BCUT2D eigenvalue weighted by Gasteiger charge is -2.25. The number of nitrogens with one attached hydrogen (secondary N) is 1. The lowest BCUT2D eigenvalue weighted by atomic mass is 10.1. The van der Waals surface area contributed by atoms with E-state index >= 15 is 0 Å². The number of piperidine rings is 1. The Morgan fingerprint density at radius 3 is 2.26 bits per heavy atom. The number of carbonyl (C=O) groups is 1. The molecule has 1 fully saturated rings. The molecule has 0 unspecified atom stereocenters. The second-order valence-electron chi connectivity index (χ2n) is 4.27. The van der Waals surface area contributed by atoms with E-state index in [0.29, 0.717) is 11.4 Å². The molecule has 1 saturated heterocycles. The van der Waals surface area contributed by atoms with E-state index in [0.717, 1.165) is 0 Å². The first-order chi connectivity index (χ1) is 9.01. The summed E-state index contributed by atoms with van der Waals surface area (Å²) in [5.74, 6) is 0.766. The highest BCUT2D eigenvalue weighted by Gasteiger charge is 2.26. The standard InChI is InChI=1S/C12H16N2O4S/c1-18-12-4-2-10(3-5-12)13-19(16,17)14-8-6-11(15)7-9-14/h2-5,13H,6-9H2,1H3. The third-order valence-electron chi connectivity index (χ3n) is 2.96. The molecule has 0 saturated carbocycles. The number of carbonyl (C=O) groups excluding carboxylic acids is 1. The van der Waals surface area contributed by atoms with Crippen LogP contribution < -0.4 is 9.46 Å². The van der Waals surface area contributed by atoms with Crippen LogP contribution in [-0.2, 0) is 15.0 Å². The third kappa shape index (κ3) is 3.45. The van der Waals surface area contributed by atoms with E-state index in [4.69, 9.17) is 4.74 Å². The van der Waals surface area contributed by atoms with Gasteiger partial charge in [0.15, 0.2) is 0 Å². The Hall–Kier alpha value is -1.60. The van der Waals surface area contributed by atoms with E-state index < -0.39 is 10.2 Å². The summed E-state index contributed by atoms with van der Waals surface area (Å²) in [6.45, 7) is 0.481. The van der Waals surface area contributed by atoms with Crippen LogP contribution in [-0.4, -0.2) is 38.7 Å². The van der Waals surface area contributed by atoms with Crippen molar-refractivity contribution in [1.82, 2.24) is 4.31 Å². The number of ether oxygens (including phenoxy) is 1. The number of Topliss-reactive ketones (excluding diaryl/α,β-unsaturated/α-hetero) is 1. The number of hydrogen-bond donors (Lipinski definition) is 1. The molecule has 0 bridgehead atoms. The van der Waals surface area contributed by atoms with Gasteiger partial charge in [-0.3, -0.25) is 9.52 Å². The molecule has 0 aliphatic carbocycles. The molecular formula is C12H16N2O4S. The fourth-order valence-corrected chi connectivity index (χ4v) is 3.07. The Labute approximate surface area is 112 Å². The van der Waals surface area contributed by atoms with Crippen molar-refractivity contribution in [2.75, 3.05) is 24.9 Å². The summed E-state index contributed by atoms with van der Waals surface area (Å²) < 4.78 is 33.0. The number of nitrogens with zero attached hydrogens (tertiary/aromatic N) is 1. The molecule has 0 atom stereocenters. The molecule has 0 amide bonds. The minimum Gasteiger partial charge on any atom is -0.497 e. The van der Waals surface area contributed by atoms with E-state index in [2.05, 4.69) is 4.72 Å². The van der Waals surface area contributed by atoms with Gasteiger partial charge in [0.1, 0.15) is 11.5 Å². The number of anilines is 1. The highest BCUT2D eigenvalue weighted by molar-refractivity contribution is 7.90. The first kappa shape index (κ1) is 13.8. The number of benzene rings is 1. The van der Waals surface area contributed by atoms with Crippen molar-refractivity contribution in [3.8, 4) is 5.75 Å². The summed E-state index contributed by atoms with van der Waals surface area (Å²) in [5.41, 5.74) is 0.470. The van der Waals surface area contributed by atoms with Crippen molar-refractivity contribution in [2.24, 2.45) is 0 Å². The predicted octanol–water partition coefficient (Wildman–Crippen LogP) is 1.02. The summed E-state index contributed by atoms with van der Waals surface area (Å²) in [5, 5.41) is 0.